The first-order chi connectivity index (χ1) is 7.66. The molecule has 1 saturated carbocycles. The quantitative estimate of drug-likeness (QED) is 0.805. The summed E-state index contributed by atoms with van der Waals surface area (Å²) in [6, 6.07) is 6.98. The lowest BCUT2D eigenvalue weighted by Gasteiger charge is -2.28. The van der Waals surface area contributed by atoms with Crippen LogP contribution in [-0.4, -0.2) is 5.54 Å². The Morgan fingerprint density at radius 3 is 2.94 bits per heavy atom. The molecule has 2 aliphatic rings. The molecule has 0 spiro atoms. The van der Waals surface area contributed by atoms with E-state index in [1.165, 1.54) is 44.1 Å². The van der Waals surface area contributed by atoms with Crippen LogP contribution in [0.4, 0.5) is 0 Å². The van der Waals surface area contributed by atoms with Crippen LogP contribution in [0, 0.1) is 6.92 Å². The lowest BCUT2D eigenvalue weighted by molar-refractivity contribution is 0.459. The first-order valence-corrected chi connectivity index (χ1v) is 6.55. The van der Waals surface area contributed by atoms with Crippen LogP contribution in [0.15, 0.2) is 18.2 Å². The zero-order valence-electron chi connectivity index (χ0n) is 10.1. The molecule has 0 aliphatic heterocycles. The van der Waals surface area contributed by atoms with Crippen LogP contribution in [0.25, 0.3) is 0 Å². The van der Waals surface area contributed by atoms with Crippen molar-refractivity contribution in [3.8, 4) is 0 Å². The molecule has 1 aromatic rings. The summed E-state index contributed by atoms with van der Waals surface area (Å²) in [5.41, 5.74) is 11.0. The monoisotopic (exact) mass is 215 g/mol. The molecule has 0 heterocycles. The second-order valence-corrected chi connectivity index (χ2v) is 5.86. The molecule has 1 aromatic carbocycles. The number of hydrogen-bond acceptors (Lipinski definition) is 1. The van der Waals surface area contributed by atoms with E-state index in [0.717, 1.165) is 5.92 Å². The molecule has 1 heteroatoms. The highest BCUT2D eigenvalue weighted by Gasteiger charge is 2.40. The van der Waals surface area contributed by atoms with E-state index in [1.807, 2.05) is 0 Å². The standard InChI is InChI=1S/C15H21N/c1-11-5-6-14-12(9-11)3-2-4-13(14)10-15(16)7-8-15/h5-6,9,13H,2-4,7-8,10,16H2,1H3. The van der Waals surface area contributed by atoms with Crippen molar-refractivity contribution in [2.75, 3.05) is 0 Å². The van der Waals surface area contributed by atoms with E-state index >= 15 is 0 Å². The second-order valence-electron chi connectivity index (χ2n) is 5.86. The van der Waals surface area contributed by atoms with E-state index in [2.05, 4.69) is 25.1 Å². The summed E-state index contributed by atoms with van der Waals surface area (Å²) in [4.78, 5) is 0. The number of benzene rings is 1. The van der Waals surface area contributed by atoms with Gasteiger partial charge in [-0.25, -0.2) is 0 Å². The van der Waals surface area contributed by atoms with Gasteiger partial charge in [-0.3, -0.25) is 0 Å². The lowest BCUT2D eigenvalue weighted by Crippen LogP contribution is -2.26. The Labute approximate surface area is 98.0 Å². The number of hydrogen-bond donors (Lipinski definition) is 1. The largest absolute Gasteiger partial charge is 0.325 e. The van der Waals surface area contributed by atoms with Crippen molar-refractivity contribution in [1.29, 1.82) is 0 Å². The van der Waals surface area contributed by atoms with Crippen molar-refractivity contribution in [1.82, 2.24) is 0 Å². The van der Waals surface area contributed by atoms with Gasteiger partial charge >= 0.3 is 0 Å². The van der Waals surface area contributed by atoms with Gasteiger partial charge in [0.05, 0.1) is 0 Å². The van der Waals surface area contributed by atoms with Gasteiger partial charge in [-0.1, -0.05) is 23.8 Å². The van der Waals surface area contributed by atoms with Crippen LogP contribution in [0.3, 0.4) is 0 Å². The first-order valence-electron chi connectivity index (χ1n) is 6.55. The van der Waals surface area contributed by atoms with E-state index in [0.29, 0.717) is 0 Å². The lowest BCUT2D eigenvalue weighted by atomic mass is 9.78. The molecule has 16 heavy (non-hydrogen) atoms. The maximum absolute atomic E-state index is 6.26. The molecule has 0 radical (unpaired) electrons. The third-order valence-electron chi connectivity index (χ3n) is 4.28. The Hall–Kier alpha value is -0.820. The summed E-state index contributed by atoms with van der Waals surface area (Å²) in [6.07, 6.45) is 7.65. The zero-order valence-corrected chi connectivity index (χ0v) is 10.1. The van der Waals surface area contributed by atoms with Crippen LogP contribution >= 0.6 is 0 Å². The molecule has 0 amide bonds. The molecule has 1 unspecified atom stereocenters. The highest BCUT2D eigenvalue weighted by Crippen LogP contribution is 2.45. The van der Waals surface area contributed by atoms with Crippen molar-refractivity contribution in [2.24, 2.45) is 5.73 Å². The average Bonchev–Trinajstić information content (AvgIpc) is 2.96. The van der Waals surface area contributed by atoms with Crippen LogP contribution in [0.1, 0.15) is 54.7 Å². The van der Waals surface area contributed by atoms with E-state index in [9.17, 15) is 0 Å². The second kappa shape index (κ2) is 3.59. The highest BCUT2D eigenvalue weighted by atomic mass is 14.8. The molecule has 86 valence electrons. The number of fused-ring (bicyclic) bond motifs is 1. The summed E-state index contributed by atoms with van der Waals surface area (Å²) >= 11 is 0. The minimum Gasteiger partial charge on any atom is -0.325 e. The number of nitrogens with two attached hydrogens (primary N) is 1. The van der Waals surface area contributed by atoms with Crippen molar-refractivity contribution in [3.05, 3.63) is 34.9 Å². The molecule has 3 rings (SSSR count). The van der Waals surface area contributed by atoms with E-state index in [-0.39, 0.29) is 5.54 Å². The third kappa shape index (κ3) is 1.89. The fourth-order valence-electron chi connectivity index (χ4n) is 3.11. The molecule has 2 aliphatic carbocycles. The fourth-order valence-corrected chi connectivity index (χ4v) is 3.11. The van der Waals surface area contributed by atoms with Crippen LogP contribution in [0.2, 0.25) is 0 Å². The predicted octanol–water partition coefficient (Wildman–Crippen LogP) is 3.30. The maximum atomic E-state index is 6.26. The van der Waals surface area contributed by atoms with E-state index in [1.54, 1.807) is 11.1 Å². The fraction of sp³-hybridized carbons (Fsp3) is 0.600. The maximum Gasteiger partial charge on any atom is 0.0161 e. The average molecular weight is 215 g/mol. The molecule has 2 N–H and O–H groups in total. The van der Waals surface area contributed by atoms with Gasteiger partial charge in [-0.2, -0.15) is 0 Å². The van der Waals surface area contributed by atoms with Gasteiger partial charge in [-0.15, -0.1) is 0 Å². The Morgan fingerprint density at radius 2 is 2.19 bits per heavy atom. The molecule has 0 bridgehead atoms. The van der Waals surface area contributed by atoms with Crippen LogP contribution < -0.4 is 5.73 Å². The van der Waals surface area contributed by atoms with Gasteiger partial charge in [0.2, 0.25) is 0 Å². The summed E-state index contributed by atoms with van der Waals surface area (Å²) in [6.45, 7) is 2.19. The SMILES string of the molecule is Cc1ccc2c(c1)CCCC2CC1(N)CC1. The van der Waals surface area contributed by atoms with Gasteiger partial charge in [0.15, 0.2) is 0 Å². The van der Waals surface area contributed by atoms with Crippen molar-refractivity contribution < 1.29 is 0 Å². The molecule has 0 aromatic heterocycles. The molecule has 1 nitrogen and oxygen atoms in total. The Morgan fingerprint density at radius 1 is 1.38 bits per heavy atom. The Balaban J connectivity index is 1.87. The Bertz CT molecular complexity index is 404. The molecular weight excluding hydrogens is 194 g/mol. The van der Waals surface area contributed by atoms with Gasteiger partial charge in [-0.05, 0) is 62.5 Å². The molecule has 1 atom stereocenters. The van der Waals surface area contributed by atoms with Gasteiger partial charge in [0.25, 0.3) is 0 Å². The van der Waals surface area contributed by atoms with Crippen molar-refractivity contribution in [2.45, 2.75) is 56.9 Å². The summed E-state index contributed by atoms with van der Waals surface area (Å²) < 4.78 is 0. The smallest absolute Gasteiger partial charge is 0.0161 e. The van der Waals surface area contributed by atoms with Gasteiger partial charge in [0.1, 0.15) is 0 Å². The van der Waals surface area contributed by atoms with Gasteiger partial charge < -0.3 is 5.73 Å². The molecule has 0 saturated heterocycles. The van der Waals surface area contributed by atoms with Crippen LogP contribution in [-0.2, 0) is 6.42 Å². The van der Waals surface area contributed by atoms with Gasteiger partial charge in [0, 0.05) is 5.54 Å². The van der Waals surface area contributed by atoms with E-state index in [4.69, 9.17) is 5.73 Å². The Kier molecular flexibility index (Phi) is 2.32. The van der Waals surface area contributed by atoms with E-state index < -0.39 is 0 Å². The third-order valence-corrected chi connectivity index (χ3v) is 4.28. The van der Waals surface area contributed by atoms with Crippen molar-refractivity contribution in [3.63, 3.8) is 0 Å². The minimum atomic E-state index is 0.199. The highest BCUT2D eigenvalue weighted by molar-refractivity contribution is 5.36. The molecule has 1 fully saturated rings. The van der Waals surface area contributed by atoms with Crippen LogP contribution in [0.5, 0.6) is 0 Å². The normalized spacial score (nSPS) is 26.2. The molecular formula is C15H21N. The predicted molar refractivity (Wildman–Crippen MR) is 67.6 cm³/mol. The first kappa shape index (κ1) is 10.3. The number of rotatable bonds is 2. The summed E-state index contributed by atoms with van der Waals surface area (Å²) in [7, 11) is 0. The zero-order chi connectivity index (χ0) is 11.2. The summed E-state index contributed by atoms with van der Waals surface area (Å²) in [5, 5.41) is 0. The minimum absolute atomic E-state index is 0.199. The van der Waals surface area contributed by atoms with Crippen molar-refractivity contribution >= 4 is 0 Å². The summed E-state index contributed by atoms with van der Waals surface area (Å²) in [5.74, 6) is 0.733. The topological polar surface area (TPSA) is 26.0 Å². The number of aryl methyl sites for hydroxylation is 2.